The molecular weight excluding hydrogens is 497 g/mol. The number of nitrogens with zero attached hydrogens (tertiary/aromatic N) is 1. The van der Waals surface area contributed by atoms with Gasteiger partial charge in [0.15, 0.2) is 0 Å². The highest BCUT2D eigenvalue weighted by Gasteiger charge is 2.37. The van der Waals surface area contributed by atoms with Crippen LogP contribution in [-0.2, 0) is 22.7 Å². The summed E-state index contributed by atoms with van der Waals surface area (Å²) in [5, 5.41) is 6.35. The fourth-order valence-electron chi connectivity index (χ4n) is 3.36. The van der Waals surface area contributed by atoms with Crippen molar-refractivity contribution in [1.29, 1.82) is 0 Å². The lowest BCUT2D eigenvalue weighted by Crippen LogP contribution is -2.33. The van der Waals surface area contributed by atoms with Crippen molar-refractivity contribution in [2.24, 2.45) is 0 Å². The Bertz CT molecular complexity index is 1290. The molecular formula is C25H18Cl3N3O3. The first kappa shape index (κ1) is 23.8. The van der Waals surface area contributed by atoms with Crippen LogP contribution in [-0.4, -0.2) is 22.6 Å². The van der Waals surface area contributed by atoms with E-state index < -0.39 is 11.8 Å². The van der Waals surface area contributed by atoms with Crippen molar-refractivity contribution in [3.8, 4) is 0 Å². The Kier molecular flexibility index (Phi) is 7.22. The molecule has 0 aromatic heterocycles. The van der Waals surface area contributed by atoms with Gasteiger partial charge in [0.1, 0.15) is 10.7 Å². The highest BCUT2D eigenvalue weighted by molar-refractivity contribution is 6.47. The molecule has 0 bridgehead atoms. The number of nitrogens with one attached hydrogen (secondary N) is 2. The second kappa shape index (κ2) is 10.3. The molecule has 0 fully saturated rings. The Hall–Kier alpha value is -3.32. The Labute approximate surface area is 211 Å². The summed E-state index contributed by atoms with van der Waals surface area (Å²) in [4.78, 5) is 38.8. The summed E-state index contributed by atoms with van der Waals surface area (Å²) < 4.78 is 0. The molecule has 0 saturated heterocycles. The average molecular weight is 515 g/mol. The van der Waals surface area contributed by atoms with Gasteiger partial charge in [-0.25, -0.2) is 0 Å². The SMILES string of the molecule is O=C(Nc1ccc(Cl)cc1Cl)c1ccc(CNC2=C(Cl)C(=O)N(Cc3ccccc3)C2=O)cc1. The van der Waals surface area contributed by atoms with Gasteiger partial charge >= 0.3 is 0 Å². The summed E-state index contributed by atoms with van der Waals surface area (Å²) in [7, 11) is 0. The van der Waals surface area contributed by atoms with Gasteiger partial charge in [-0.3, -0.25) is 19.3 Å². The Morgan fingerprint density at radius 1 is 0.824 bits per heavy atom. The first-order valence-electron chi connectivity index (χ1n) is 10.2. The molecule has 1 aliphatic rings. The van der Waals surface area contributed by atoms with Gasteiger partial charge in [0.05, 0.1) is 17.3 Å². The minimum Gasteiger partial charge on any atom is -0.375 e. The summed E-state index contributed by atoms with van der Waals surface area (Å²) in [6.45, 7) is 0.385. The number of halogens is 3. The highest BCUT2D eigenvalue weighted by atomic mass is 35.5. The number of amides is 3. The van der Waals surface area contributed by atoms with Gasteiger partial charge in [0.25, 0.3) is 17.7 Å². The van der Waals surface area contributed by atoms with Gasteiger partial charge in [-0.15, -0.1) is 0 Å². The van der Waals surface area contributed by atoms with Crippen LogP contribution in [0.5, 0.6) is 0 Å². The molecule has 0 spiro atoms. The number of anilines is 1. The zero-order valence-corrected chi connectivity index (χ0v) is 19.9. The third-order valence-corrected chi connectivity index (χ3v) is 6.06. The molecule has 0 unspecified atom stereocenters. The van der Waals surface area contributed by atoms with Crippen LogP contribution in [0.2, 0.25) is 10.0 Å². The minimum absolute atomic E-state index is 0.0572. The van der Waals surface area contributed by atoms with E-state index in [2.05, 4.69) is 10.6 Å². The van der Waals surface area contributed by atoms with Gasteiger partial charge in [0, 0.05) is 17.1 Å². The molecule has 0 aliphatic carbocycles. The summed E-state index contributed by atoms with van der Waals surface area (Å²) in [6, 6.07) is 20.8. The van der Waals surface area contributed by atoms with Gasteiger partial charge in [-0.2, -0.15) is 0 Å². The van der Waals surface area contributed by atoms with E-state index in [1.54, 1.807) is 42.5 Å². The summed E-state index contributed by atoms with van der Waals surface area (Å²) >= 11 is 18.1. The van der Waals surface area contributed by atoms with Crippen molar-refractivity contribution >= 4 is 58.2 Å². The van der Waals surface area contributed by atoms with Crippen molar-refractivity contribution in [2.45, 2.75) is 13.1 Å². The summed E-state index contributed by atoms with van der Waals surface area (Å²) in [5.74, 6) is -1.34. The van der Waals surface area contributed by atoms with E-state index in [0.29, 0.717) is 21.3 Å². The number of hydrogen-bond donors (Lipinski definition) is 2. The second-order valence-electron chi connectivity index (χ2n) is 7.50. The lowest BCUT2D eigenvalue weighted by molar-refractivity contribution is -0.138. The number of rotatable bonds is 7. The van der Waals surface area contributed by atoms with E-state index in [0.717, 1.165) is 16.0 Å². The van der Waals surface area contributed by atoms with E-state index in [9.17, 15) is 14.4 Å². The molecule has 3 aromatic rings. The predicted molar refractivity (Wildman–Crippen MR) is 133 cm³/mol. The fourth-order valence-corrected chi connectivity index (χ4v) is 4.06. The zero-order chi connectivity index (χ0) is 24.2. The maximum absolute atomic E-state index is 12.7. The molecule has 34 heavy (non-hydrogen) atoms. The lowest BCUT2D eigenvalue weighted by Gasteiger charge is -2.15. The van der Waals surface area contributed by atoms with Crippen molar-refractivity contribution in [2.75, 3.05) is 5.32 Å². The molecule has 6 nitrogen and oxygen atoms in total. The maximum Gasteiger partial charge on any atom is 0.278 e. The molecule has 0 radical (unpaired) electrons. The molecule has 3 aromatic carbocycles. The molecule has 4 rings (SSSR count). The summed E-state index contributed by atoms with van der Waals surface area (Å²) in [5.41, 5.74) is 2.55. The minimum atomic E-state index is -0.536. The largest absolute Gasteiger partial charge is 0.375 e. The van der Waals surface area contributed by atoms with Gasteiger partial charge in [-0.05, 0) is 41.5 Å². The lowest BCUT2D eigenvalue weighted by atomic mass is 10.1. The molecule has 1 heterocycles. The van der Waals surface area contributed by atoms with Crippen molar-refractivity contribution in [1.82, 2.24) is 10.2 Å². The normalized spacial score (nSPS) is 13.4. The zero-order valence-electron chi connectivity index (χ0n) is 17.6. The van der Waals surface area contributed by atoms with Crippen molar-refractivity contribution in [3.05, 3.63) is 110 Å². The van der Waals surface area contributed by atoms with Gasteiger partial charge in [0.2, 0.25) is 0 Å². The van der Waals surface area contributed by atoms with E-state index in [-0.39, 0.29) is 29.7 Å². The van der Waals surface area contributed by atoms with Crippen molar-refractivity contribution in [3.63, 3.8) is 0 Å². The van der Waals surface area contributed by atoms with Crippen LogP contribution in [0.15, 0.2) is 83.5 Å². The van der Waals surface area contributed by atoms with Crippen LogP contribution >= 0.6 is 34.8 Å². The Morgan fingerprint density at radius 3 is 2.21 bits per heavy atom. The van der Waals surface area contributed by atoms with Crippen LogP contribution in [0.4, 0.5) is 5.69 Å². The smallest absolute Gasteiger partial charge is 0.278 e. The van der Waals surface area contributed by atoms with Crippen LogP contribution in [0, 0.1) is 0 Å². The van der Waals surface area contributed by atoms with Crippen LogP contribution in [0.25, 0.3) is 0 Å². The predicted octanol–water partition coefficient (Wildman–Crippen LogP) is 5.35. The van der Waals surface area contributed by atoms with Crippen LogP contribution in [0.1, 0.15) is 21.5 Å². The number of benzene rings is 3. The molecule has 9 heteroatoms. The quantitative estimate of drug-likeness (QED) is 0.416. The van der Waals surface area contributed by atoms with E-state index in [4.69, 9.17) is 34.8 Å². The third kappa shape index (κ3) is 5.25. The molecule has 2 N–H and O–H groups in total. The third-order valence-electron chi connectivity index (χ3n) is 5.16. The highest BCUT2D eigenvalue weighted by Crippen LogP contribution is 2.26. The first-order chi connectivity index (χ1) is 16.3. The molecule has 172 valence electrons. The average Bonchev–Trinajstić information content (AvgIpc) is 3.03. The molecule has 1 aliphatic heterocycles. The van der Waals surface area contributed by atoms with Gasteiger partial charge < -0.3 is 10.6 Å². The van der Waals surface area contributed by atoms with E-state index >= 15 is 0 Å². The molecule has 0 atom stereocenters. The van der Waals surface area contributed by atoms with E-state index in [1.807, 2.05) is 30.3 Å². The maximum atomic E-state index is 12.7. The fraction of sp³-hybridized carbons (Fsp3) is 0.0800. The monoisotopic (exact) mass is 513 g/mol. The standard InChI is InChI=1S/C25H18Cl3N3O3/c26-18-10-11-20(19(27)12-18)30-23(32)17-8-6-15(7-9-17)13-29-22-21(28)24(33)31(25(22)34)14-16-4-2-1-3-5-16/h1-12,29H,13-14H2,(H,30,32). The molecule has 3 amide bonds. The number of carbonyl (C=O) groups excluding carboxylic acids is 3. The topological polar surface area (TPSA) is 78.5 Å². The summed E-state index contributed by atoms with van der Waals surface area (Å²) in [6.07, 6.45) is 0. The second-order valence-corrected chi connectivity index (χ2v) is 8.72. The number of carbonyl (C=O) groups is 3. The number of hydrogen-bond acceptors (Lipinski definition) is 4. The number of imide groups is 1. The van der Waals surface area contributed by atoms with Gasteiger partial charge in [-0.1, -0.05) is 77.3 Å². The van der Waals surface area contributed by atoms with Crippen molar-refractivity contribution < 1.29 is 14.4 Å². The Morgan fingerprint density at radius 2 is 1.53 bits per heavy atom. The molecule has 0 saturated carbocycles. The Balaban J connectivity index is 1.37. The van der Waals surface area contributed by atoms with Crippen LogP contribution in [0.3, 0.4) is 0 Å². The van der Waals surface area contributed by atoms with Crippen LogP contribution < -0.4 is 10.6 Å². The first-order valence-corrected chi connectivity index (χ1v) is 11.4. The van der Waals surface area contributed by atoms with E-state index in [1.165, 1.54) is 0 Å².